The number of fused-ring (bicyclic) bond motifs is 1. The molecule has 1 aliphatic heterocycles. The van der Waals surface area contributed by atoms with Crippen molar-refractivity contribution in [1.82, 2.24) is 10.2 Å². The highest BCUT2D eigenvalue weighted by Gasteiger charge is 2.30. The lowest BCUT2D eigenvalue weighted by atomic mass is 9.92. The van der Waals surface area contributed by atoms with E-state index >= 15 is 0 Å². The second kappa shape index (κ2) is 11.5. The zero-order valence-electron chi connectivity index (χ0n) is 20.2. The third-order valence-corrected chi connectivity index (χ3v) is 8.03. The summed E-state index contributed by atoms with van der Waals surface area (Å²) in [6, 6.07) is 12.6. The molecule has 1 aliphatic carbocycles. The van der Waals surface area contributed by atoms with Crippen molar-refractivity contribution in [2.24, 2.45) is 0 Å². The Bertz CT molecular complexity index is 1000. The van der Waals surface area contributed by atoms with Crippen LogP contribution in [0.4, 0.5) is 10.5 Å². The van der Waals surface area contributed by atoms with Gasteiger partial charge in [0.15, 0.2) is 0 Å². The average Bonchev–Trinajstić information content (AvgIpc) is 2.85. The van der Waals surface area contributed by atoms with Gasteiger partial charge in [0.25, 0.3) is 0 Å². The van der Waals surface area contributed by atoms with E-state index in [-0.39, 0.29) is 18.2 Å². The zero-order valence-corrected chi connectivity index (χ0v) is 21.0. The number of amides is 1. The number of anilines is 1. The molecule has 2 aromatic carbocycles. The average molecular weight is 487 g/mol. The quantitative estimate of drug-likeness (QED) is 0.554. The SMILES string of the molecule is CCOC(=O)N1CCC(N(c2ccc(C(C)NC3CCCCC3)c3ccccc23)S(=O)[O-])CC1. The van der Waals surface area contributed by atoms with Gasteiger partial charge in [-0.15, -0.1) is 0 Å². The van der Waals surface area contributed by atoms with Crippen molar-refractivity contribution in [2.45, 2.75) is 76.9 Å². The number of carbonyl (C=O) groups excluding carboxylic acids is 1. The zero-order chi connectivity index (χ0) is 24.1. The maximum atomic E-state index is 12.5. The van der Waals surface area contributed by atoms with Gasteiger partial charge in [0.2, 0.25) is 0 Å². The van der Waals surface area contributed by atoms with Gasteiger partial charge in [0.1, 0.15) is 0 Å². The molecule has 0 bridgehead atoms. The van der Waals surface area contributed by atoms with Gasteiger partial charge >= 0.3 is 6.09 Å². The molecule has 186 valence electrons. The fraction of sp³-hybridized carbons (Fsp3) is 0.577. The Balaban J connectivity index is 1.58. The van der Waals surface area contributed by atoms with Crippen LogP contribution >= 0.6 is 0 Å². The smallest absolute Gasteiger partial charge is 0.409 e. The van der Waals surface area contributed by atoms with Crippen LogP contribution in [0.5, 0.6) is 0 Å². The van der Waals surface area contributed by atoms with Gasteiger partial charge in [0.05, 0.1) is 12.3 Å². The highest BCUT2D eigenvalue weighted by molar-refractivity contribution is 7.80. The van der Waals surface area contributed by atoms with Crippen LogP contribution in [0.2, 0.25) is 0 Å². The largest absolute Gasteiger partial charge is 0.755 e. The molecule has 34 heavy (non-hydrogen) atoms. The van der Waals surface area contributed by atoms with Crippen LogP contribution in [-0.4, -0.2) is 51.5 Å². The lowest BCUT2D eigenvalue weighted by Crippen LogP contribution is -2.47. The first-order valence-corrected chi connectivity index (χ1v) is 13.6. The van der Waals surface area contributed by atoms with Crippen molar-refractivity contribution in [3.05, 3.63) is 42.0 Å². The first kappa shape index (κ1) is 24.9. The molecule has 1 heterocycles. The van der Waals surface area contributed by atoms with E-state index < -0.39 is 11.3 Å². The van der Waals surface area contributed by atoms with Crippen molar-refractivity contribution in [3.63, 3.8) is 0 Å². The first-order chi connectivity index (χ1) is 16.5. The number of carbonyl (C=O) groups is 1. The Morgan fingerprint density at radius 3 is 2.44 bits per heavy atom. The van der Waals surface area contributed by atoms with Crippen LogP contribution < -0.4 is 9.62 Å². The van der Waals surface area contributed by atoms with Crippen molar-refractivity contribution in [1.29, 1.82) is 0 Å². The summed E-state index contributed by atoms with van der Waals surface area (Å²) in [5.74, 6) is 0. The van der Waals surface area contributed by atoms with Crippen LogP contribution in [-0.2, 0) is 16.0 Å². The van der Waals surface area contributed by atoms with Gasteiger partial charge in [0, 0.05) is 47.9 Å². The molecule has 4 rings (SSSR count). The molecular formula is C26H36N3O4S-. The molecule has 2 aromatic rings. The predicted molar refractivity (Wildman–Crippen MR) is 135 cm³/mol. The molecule has 0 radical (unpaired) electrons. The standard InChI is InChI=1S/C26H37N3O4S/c1-3-33-26(30)28-17-15-21(16-18-28)29(34(31)32)25-14-13-22(23-11-7-8-12-24(23)25)19(2)27-20-9-5-4-6-10-20/h7-8,11-14,19-21,27H,3-6,9-10,15-18H2,1-2H3,(H,31,32)/p-1. The van der Waals surface area contributed by atoms with Crippen LogP contribution in [0.15, 0.2) is 36.4 Å². The Morgan fingerprint density at radius 1 is 1.12 bits per heavy atom. The Kier molecular flexibility index (Phi) is 8.45. The van der Waals surface area contributed by atoms with E-state index in [1.165, 1.54) is 42.0 Å². The fourth-order valence-corrected chi connectivity index (χ4v) is 6.26. The van der Waals surface area contributed by atoms with Crippen molar-refractivity contribution in [3.8, 4) is 0 Å². The van der Waals surface area contributed by atoms with E-state index in [9.17, 15) is 13.6 Å². The summed E-state index contributed by atoms with van der Waals surface area (Å²) in [7, 11) is 0. The first-order valence-electron chi connectivity index (χ1n) is 12.6. The topological polar surface area (TPSA) is 84.9 Å². The van der Waals surface area contributed by atoms with Crippen molar-refractivity contribution in [2.75, 3.05) is 24.0 Å². The number of ether oxygens (including phenoxy) is 1. The predicted octanol–water partition coefficient (Wildman–Crippen LogP) is 5.04. The summed E-state index contributed by atoms with van der Waals surface area (Å²) in [6.07, 6.45) is 7.13. The molecule has 0 spiro atoms. The van der Waals surface area contributed by atoms with E-state index in [4.69, 9.17) is 4.74 Å². The summed E-state index contributed by atoms with van der Waals surface area (Å²) >= 11 is -2.42. The Labute approximate surface area is 205 Å². The fourth-order valence-electron chi connectivity index (χ4n) is 5.49. The van der Waals surface area contributed by atoms with E-state index in [0.29, 0.717) is 44.3 Å². The normalized spacial score (nSPS) is 19.7. The summed E-state index contributed by atoms with van der Waals surface area (Å²) < 4.78 is 31.5. The van der Waals surface area contributed by atoms with Crippen molar-refractivity contribution < 1.29 is 18.3 Å². The summed E-state index contributed by atoms with van der Waals surface area (Å²) in [5, 5.41) is 5.82. The third kappa shape index (κ3) is 5.56. The van der Waals surface area contributed by atoms with Crippen LogP contribution in [0.25, 0.3) is 10.8 Å². The maximum Gasteiger partial charge on any atom is 0.409 e. The third-order valence-electron chi connectivity index (χ3n) is 7.21. The molecule has 2 fully saturated rings. The summed E-state index contributed by atoms with van der Waals surface area (Å²) in [5.41, 5.74) is 1.89. The molecule has 2 aliphatic rings. The van der Waals surface area contributed by atoms with Gasteiger partial charge in [-0.1, -0.05) is 49.6 Å². The minimum absolute atomic E-state index is 0.182. The monoisotopic (exact) mass is 486 g/mol. The van der Waals surface area contributed by atoms with Crippen LogP contribution in [0.1, 0.15) is 70.4 Å². The number of nitrogens with one attached hydrogen (secondary N) is 1. The van der Waals surface area contributed by atoms with Crippen LogP contribution in [0, 0.1) is 0 Å². The molecule has 2 atom stereocenters. The molecule has 1 amide bonds. The minimum Gasteiger partial charge on any atom is -0.755 e. The van der Waals surface area contributed by atoms with E-state index in [1.807, 2.05) is 24.3 Å². The molecular weight excluding hydrogens is 450 g/mol. The second-order valence-corrected chi connectivity index (χ2v) is 10.2. The van der Waals surface area contributed by atoms with E-state index in [1.54, 1.807) is 11.8 Å². The Hall–Kier alpha value is -2.16. The Morgan fingerprint density at radius 2 is 1.79 bits per heavy atom. The van der Waals surface area contributed by atoms with Gasteiger partial charge in [-0.25, -0.2) is 4.79 Å². The number of nitrogens with zero attached hydrogens (tertiary/aromatic N) is 2. The molecule has 2 unspecified atom stereocenters. The second-order valence-electron chi connectivity index (χ2n) is 9.40. The van der Waals surface area contributed by atoms with Gasteiger partial charge in [-0.2, -0.15) is 0 Å². The number of hydrogen-bond acceptors (Lipinski definition) is 5. The highest BCUT2D eigenvalue weighted by Crippen LogP contribution is 2.36. The number of hydrogen-bond donors (Lipinski definition) is 1. The molecule has 0 aromatic heterocycles. The molecule has 1 saturated heterocycles. The number of benzene rings is 2. The molecule has 1 saturated carbocycles. The number of rotatable bonds is 7. The van der Waals surface area contributed by atoms with Crippen LogP contribution in [0.3, 0.4) is 0 Å². The maximum absolute atomic E-state index is 12.5. The van der Waals surface area contributed by atoms with E-state index in [2.05, 4.69) is 24.4 Å². The molecule has 1 N–H and O–H groups in total. The van der Waals surface area contributed by atoms with Crippen molar-refractivity contribution >= 4 is 33.8 Å². The van der Waals surface area contributed by atoms with Gasteiger partial charge < -0.3 is 19.5 Å². The van der Waals surface area contributed by atoms with E-state index in [0.717, 1.165) is 10.8 Å². The minimum atomic E-state index is -2.42. The number of likely N-dealkylation sites (tertiary alicyclic amines) is 1. The van der Waals surface area contributed by atoms with Gasteiger partial charge in [-0.3, -0.25) is 8.51 Å². The lowest BCUT2D eigenvalue weighted by Gasteiger charge is -2.40. The molecule has 8 heteroatoms. The highest BCUT2D eigenvalue weighted by atomic mass is 32.2. The molecule has 7 nitrogen and oxygen atoms in total. The lowest BCUT2D eigenvalue weighted by molar-refractivity contribution is 0.0976. The summed E-state index contributed by atoms with van der Waals surface area (Å²) in [6.45, 7) is 5.28. The van der Waals surface area contributed by atoms with Gasteiger partial charge in [-0.05, 0) is 56.5 Å². The number of piperidine rings is 1. The summed E-state index contributed by atoms with van der Waals surface area (Å²) in [4.78, 5) is 13.7.